The molecule has 0 fully saturated rings. The van der Waals surface area contributed by atoms with Crippen molar-refractivity contribution >= 4 is 55.2 Å². The van der Waals surface area contributed by atoms with Gasteiger partial charge < -0.3 is 5.32 Å². The quantitative estimate of drug-likeness (QED) is 0.672. The highest BCUT2D eigenvalue weighted by molar-refractivity contribution is 14.1. The second kappa shape index (κ2) is 5.72. The Morgan fingerprint density at radius 2 is 2.14 bits per heavy atom. The highest BCUT2D eigenvalue weighted by Gasteiger charge is 2.13. The number of aryl methyl sites for hydroxylation is 1. The van der Waals surface area contributed by atoms with E-state index in [1.807, 2.05) is 38.1 Å². The fourth-order valence-corrected chi connectivity index (χ4v) is 3.32. The van der Waals surface area contributed by atoms with E-state index >= 15 is 0 Å². The van der Waals surface area contributed by atoms with Gasteiger partial charge in [0, 0.05) is 5.69 Å². The molecular weight excluding hydrogens is 399 g/mol. The zero-order chi connectivity index (χ0) is 15.0. The highest BCUT2D eigenvalue weighted by Crippen LogP contribution is 2.25. The first-order valence-corrected chi connectivity index (χ1v) is 8.29. The predicted molar refractivity (Wildman–Crippen MR) is 92.7 cm³/mol. The molecule has 0 unspecified atom stereocenters. The van der Waals surface area contributed by atoms with Crippen LogP contribution in [0.25, 0.3) is 10.2 Å². The summed E-state index contributed by atoms with van der Waals surface area (Å²) >= 11 is 3.72. The van der Waals surface area contributed by atoms with Gasteiger partial charge in [-0.3, -0.25) is 9.48 Å². The van der Waals surface area contributed by atoms with Crippen LogP contribution in [0.4, 0.5) is 5.13 Å². The van der Waals surface area contributed by atoms with Gasteiger partial charge in [-0.15, -0.1) is 0 Å². The molecule has 0 spiro atoms. The van der Waals surface area contributed by atoms with Crippen LogP contribution >= 0.6 is 33.9 Å². The van der Waals surface area contributed by atoms with Crippen molar-refractivity contribution in [2.45, 2.75) is 20.4 Å². The minimum atomic E-state index is -0.115. The number of carbonyl (C=O) groups is 1. The van der Waals surface area contributed by atoms with Gasteiger partial charge in [0.1, 0.15) is 6.54 Å². The van der Waals surface area contributed by atoms with Crippen LogP contribution in [0.15, 0.2) is 24.3 Å². The number of nitrogens with zero attached hydrogens (tertiary/aromatic N) is 3. The van der Waals surface area contributed by atoms with Crippen molar-refractivity contribution in [1.29, 1.82) is 0 Å². The van der Waals surface area contributed by atoms with E-state index in [0.29, 0.717) is 5.13 Å². The summed E-state index contributed by atoms with van der Waals surface area (Å²) in [7, 11) is 0. The van der Waals surface area contributed by atoms with Gasteiger partial charge in [-0.05, 0) is 48.6 Å². The summed E-state index contributed by atoms with van der Waals surface area (Å²) in [4.78, 5) is 16.5. The molecule has 1 N–H and O–H groups in total. The van der Waals surface area contributed by atoms with E-state index in [9.17, 15) is 4.79 Å². The standard InChI is InChI=1S/C14H13IN4OS/c1-8-13(15)9(2)19(18-8)7-12(20)17-14-16-10-5-3-4-6-11(10)21-14/h3-6H,7H2,1-2H3,(H,16,17,20). The van der Waals surface area contributed by atoms with Crippen molar-refractivity contribution in [2.24, 2.45) is 0 Å². The molecule has 2 aromatic heterocycles. The lowest BCUT2D eigenvalue weighted by molar-refractivity contribution is -0.116. The summed E-state index contributed by atoms with van der Waals surface area (Å²) in [6.45, 7) is 4.11. The third-order valence-corrected chi connectivity index (χ3v) is 5.64. The van der Waals surface area contributed by atoms with E-state index in [2.05, 4.69) is 38.0 Å². The first kappa shape index (κ1) is 14.5. The largest absolute Gasteiger partial charge is 0.300 e. The third-order valence-electron chi connectivity index (χ3n) is 3.13. The second-order valence-electron chi connectivity index (χ2n) is 4.68. The molecule has 0 saturated heterocycles. The zero-order valence-corrected chi connectivity index (χ0v) is 14.5. The Morgan fingerprint density at radius 1 is 1.38 bits per heavy atom. The van der Waals surface area contributed by atoms with Gasteiger partial charge in [0.05, 0.1) is 19.5 Å². The fourth-order valence-electron chi connectivity index (χ4n) is 2.05. The Kier molecular flexibility index (Phi) is 3.94. The van der Waals surface area contributed by atoms with Gasteiger partial charge in [0.15, 0.2) is 5.13 Å². The molecule has 3 aromatic rings. The number of thiazole rings is 1. The monoisotopic (exact) mass is 412 g/mol. The minimum absolute atomic E-state index is 0.115. The smallest absolute Gasteiger partial charge is 0.247 e. The number of rotatable bonds is 3. The Bertz CT molecular complexity index is 791. The van der Waals surface area contributed by atoms with Crippen LogP contribution in [0.2, 0.25) is 0 Å². The molecule has 1 aromatic carbocycles. The van der Waals surface area contributed by atoms with Crippen molar-refractivity contribution in [2.75, 3.05) is 5.32 Å². The highest BCUT2D eigenvalue weighted by atomic mass is 127. The van der Waals surface area contributed by atoms with Crippen LogP contribution in [0.5, 0.6) is 0 Å². The first-order valence-electron chi connectivity index (χ1n) is 6.39. The number of fused-ring (bicyclic) bond motifs is 1. The Hall–Kier alpha value is -1.48. The molecule has 0 saturated carbocycles. The van der Waals surface area contributed by atoms with Crippen molar-refractivity contribution < 1.29 is 4.79 Å². The fraction of sp³-hybridized carbons (Fsp3) is 0.214. The molecule has 1 amide bonds. The van der Waals surface area contributed by atoms with Crippen LogP contribution in [-0.4, -0.2) is 20.7 Å². The van der Waals surface area contributed by atoms with Crippen LogP contribution in [0.1, 0.15) is 11.4 Å². The minimum Gasteiger partial charge on any atom is -0.300 e. The maximum absolute atomic E-state index is 12.1. The number of amides is 1. The Balaban J connectivity index is 1.75. The van der Waals surface area contributed by atoms with E-state index in [1.165, 1.54) is 11.3 Å². The van der Waals surface area contributed by atoms with E-state index in [-0.39, 0.29) is 12.5 Å². The average molecular weight is 412 g/mol. The average Bonchev–Trinajstić information content (AvgIpc) is 2.95. The number of benzene rings is 1. The van der Waals surface area contributed by atoms with E-state index in [4.69, 9.17) is 0 Å². The Morgan fingerprint density at radius 3 is 2.81 bits per heavy atom. The number of carbonyl (C=O) groups excluding carboxylic acids is 1. The molecule has 21 heavy (non-hydrogen) atoms. The maximum Gasteiger partial charge on any atom is 0.247 e. The zero-order valence-electron chi connectivity index (χ0n) is 11.6. The number of hydrogen-bond donors (Lipinski definition) is 1. The maximum atomic E-state index is 12.1. The normalized spacial score (nSPS) is 11.0. The molecule has 2 heterocycles. The van der Waals surface area contributed by atoms with E-state index < -0.39 is 0 Å². The summed E-state index contributed by atoms with van der Waals surface area (Å²) in [6.07, 6.45) is 0. The van der Waals surface area contributed by atoms with E-state index in [1.54, 1.807) is 4.68 Å². The number of aromatic nitrogens is 3. The van der Waals surface area contributed by atoms with Gasteiger partial charge in [-0.1, -0.05) is 23.5 Å². The topological polar surface area (TPSA) is 59.8 Å². The SMILES string of the molecule is Cc1nn(CC(=O)Nc2nc3ccccc3s2)c(C)c1I. The molecule has 0 atom stereocenters. The summed E-state index contributed by atoms with van der Waals surface area (Å²) in [6, 6.07) is 7.83. The second-order valence-corrected chi connectivity index (χ2v) is 6.79. The molecule has 0 aliphatic carbocycles. The lowest BCUT2D eigenvalue weighted by atomic mass is 10.3. The molecule has 0 aliphatic heterocycles. The molecule has 0 radical (unpaired) electrons. The molecule has 3 rings (SSSR count). The number of hydrogen-bond acceptors (Lipinski definition) is 4. The third kappa shape index (κ3) is 2.93. The van der Waals surface area contributed by atoms with Gasteiger partial charge in [-0.25, -0.2) is 4.98 Å². The van der Waals surface area contributed by atoms with Crippen LogP contribution in [0, 0.1) is 17.4 Å². The first-order chi connectivity index (χ1) is 10.0. The number of anilines is 1. The molecule has 108 valence electrons. The Labute approximate surface area is 139 Å². The van der Waals surface area contributed by atoms with Crippen molar-refractivity contribution in [3.63, 3.8) is 0 Å². The van der Waals surface area contributed by atoms with Gasteiger partial charge in [-0.2, -0.15) is 5.10 Å². The van der Waals surface area contributed by atoms with Crippen molar-refractivity contribution in [3.05, 3.63) is 39.2 Å². The van der Waals surface area contributed by atoms with E-state index in [0.717, 1.165) is 25.2 Å². The number of para-hydroxylation sites is 1. The lowest BCUT2D eigenvalue weighted by Gasteiger charge is -2.04. The number of nitrogens with one attached hydrogen (secondary N) is 1. The van der Waals surface area contributed by atoms with Gasteiger partial charge in [0.25, 0.3) is 0 Å². The molecule has 5 nitrogen and oxygen atoms in total. The summed E-state index contributed by atoms with van der Waals surface area (Å²) in [5.41, 5.74) is 2.85. The molecular formula is C14H13IN4OS. The van der Waals surface area contributed by atoms with Crippen molar-refractivity contribution in [3.8, 4) is 0 Å². The van der Waals surface area contributed by atoms with Gasteiger partial charge >= 0.3 is 0 Å². The van der Waals surface area contributed by atoms with Crippen molar-refractivity contribution in [1.82, 2.24) is 14.8 Å². The molecule has 7 heteroatoms. The predicted octanol–water partition coefficient (Wildman–Crippen LogP) is 3.35. The molecule has 0 aliphatic rings. The number of halogens is 1. The van der Waals surface area contributed by atoms with Crippen LogP contribution in [-0.2, 0) is 11.3 Å². The molecule has 0 bridgehead atoms. The summed E-state index contributed by atoms with van der Waals surface area (Å²) < 4.78 is 3.88. The van der Waals surface area contributed by atoms with Crippen LogP contribution < -0.4 is 5.32 Å². The summed E-state index contributed by atoms with van der Waals surface area (Å²) in [5, 5.41) is 7.83. The lowest BCUT2D eigenvalue weighted by Crippen LogP contribution is -2.20. The van der Waals surface area contributed by atoms with Gasteiger partial charge in [0.2, 0.25) is 5.91 Å². The van der Waals surface area contributed by atoms with Crippen LogP contribution in [0.3, 0.4) is 0 Å². The summed E-state index contributed by atoms with van der Waals surface area (Å²) in [5.74, 6) is -0.115.